The largest absolute Gasteiger partial charge is 0.494 e. The number of benzene rings is 2. The highest BCUT2D eigenvalue weighted by atomic mass is 19.1. The molecule has 0 aromatic heterocycles. The second-order valence-corrected chi connectivity index (χ2v) is 5.65. The fraction of sp³-hybridized carbons (Fsp3) is 0.286. The topological polar surface area (TPSA) is 33.0 Å². The van der Waals surface area contributed by atoms with E-state index in [2.05, 4.69) is 13.0 Å². The van der Waals surface area contributed by atoms with Crippen LogP contribution in [-0.2, 0) is 0 Å². The Hall–Kier alpha value is -2.60. The van der Waals surface area contributed by atoms with Crippen LogP contribution >= 0.6 is 0 Å². The number of unbranched alkanes of at least 4 members (excludes halogenated alkanes) is 3. The molecule has 2 rings (SSSR count). The van der Waals surface area contributed by atoms with Crippen molar-refractivity contribution in [3.63, 3.8) is 0 Å². The Morgan fingerprint density at radius 3 is 2.38 bits per heavy atom. The molecule has 0 amide bonds. The number of allylic oxidation sites excluding steroid dienone is 1. The van der Waals surface area contributed by atoms with Crippen molar-refractivity contribution in [2.75, 3.05) is 6.61 Å². The molecular formula is C21H22FNO. The third-order valence-electron chi connectivity index (χ3n) is 3.73. The molecule has 0 aliphatic rings. The molecule has 0 spiro atoms. The number of ether oxygens (including phenoxy) is 1. The summed E-state index contributed by atoms with van der Waals surface area (Å²) in [5.74, 6) is 0.528. The molecule has 2 nitrogen and oxygen atoms in total. The minimum Gasteiger partial charge on any atom is -0.494 e. The molecule has 0 atom stereocenters. The molecule has 124 valence electrons. The average molecular weight is 323 g/mol. The van der Waals surface area contributed by atoms with E-state index in [1.807, 2.05) is 24.3 Å². The number of nitrogens with zero attached hydrogens (tertiary/aromatic N) is 1. The average Bonchev–Trinajstić information content (AvgIpc) is 2.61. The number of halogens is 1. The number of hydrogen-bond donors (Lipinski definition) is 0. The van der Waals surface area contributed by atoms with Crippen LogP contribution in [0.5, 0.6) is 5.75 Å². The van der Waals surface area contributed by atoms with Gasteiger partial charge in [-0.1, -0.05) is 50.5 Å². The number of nitriles is 1. The van der Waals surface area contributed by atoms with Crippen molar-refractivity contribution in [3.8, 4) is 11.8 Å². The maximum absolute atomic E-state index is 13.0. The monoisotopic (exact) mass is 323 g/mol. The molecule has 0 fully saturated rings. The van der Waals surface area contributed by atoms with Gasteiger partial charge >= 0.3 is 0 Å². The number of hydrogen-bond acceptors (Lipinski definition) is 2. The quantitative estimate of drug-likeness (QED) is 0.347. The third kappa shape index (κ3) is 5.55. The second kappa shape index (κ2) is 9.52. The van der Waals surface area contributed by atoms with E-state index in [1.165, 1.54) is 31.4 Å². The van der Waals surface area contributed by atoms with Crippen molar-refractivity contribution in [2.24, 2.45) is 0 Å². The Morgan fingerprint density at radius 1 is 1.04 bits per heavy atom. The molecule has 0 unspecified atom stereocenters. The summed E-state index contributed by atoms with van der Waals surface area (Å²) in [5, 5.41) is 9.31. The highest BCUT2D eigenvalue weighted by Gasteiger charge is 2.02. The van der Waals surface area contributed by atoms with Crippen LogP contribution in [-0.4, -0.2) is 6.61 Å². The Kier molecular flexibility index (Phi) is 7.04. The highest BCUT2D eigenvalue weighted by molar-refractivity contribution is 5.89. The van der Waals surface area contributed by atoms with Crippen LogP contribution in [0, 0.1) is 17.1 Å². The van der Waals surface area contributed by atoms with Crippen molar-refractivity contribution in [1.82, 2.24) is 0 Å². The van der Waals surface area contributed by atoms with E-state index < -0.39 is 0 Å². The molecule has 3 heteroatoms. The van der Waals surface area contributed by atoms with Gasteiger partial charge in [0.15, 0.2) is 0 Å². The lowest BCUT2D eigenvalue weighted by molar-refractivity contribution is 0.305. The smallest absolute Gasteiger partial charge is 0.123 e. The lowest BCUT2D eigenvalue weighted by atomic mass is 10.0. The summed E-state index contributed by atoms with van der Waals surface area (Å²) in [6.07, 6.45) is 6.52. The predicted octanol–water partition coefficient (Wildman–Crippen LogP) is 5.85. The van der Waals surface area contributed by atoms with Gasteiger partial charge in [-0.25, -0.2) is 4.39 Å². The predicted molar refractivity (Wildman–Crippen MR) is 96.0 cm³/mol. The van der Waals surface area contributed by atoms with E-state index >= 15 is 0 Å². The van der Waals surface area contributed by atoms with Crippen molar-refractivity contribution >= 4 is 11.6 Å². The van der Waals surface area contributed by atoms with Gasteiger partial charge in [-0.05, 0) is 47.9 Å². The first kappa shape index (κ1) is 17.7. The molecule has 0 aliphatic carbocycles. The Labute approximate surface area is 143 Å². The summed E-state index contributed by atoms with van der Waals surface area (Å²) in [5.41, 5.74) is 2.12. The Bertz CT molecular complexity index is 696. The minimum absolute atomic E-state index is 0.309. The minimum atomic E-state index is -0.309. The van der Waals surface area contributed by atoms with Gasteiger partial charge in [0.25, 0.3) is 0 Å². The summed E-state index contributed by atoms with van der Waals surface area (Å²) in [7, 11) is 0. The SMILES string of the molecule is CCCCCCOc1ccc(/C=C(\C#N)c2ccc(F)cc2)cc1. The lowest BCUT2D eigenvalue weighted by Crippen LogP contribution is -1.96. The zero-order chi connectivity index (χ0) is 17.2. The van der Waals surface area contributed by atoms with Gasteiger partial charge in [-0.2, -0.15) is 5.26 Å². The maximum Gasteiger partial charge on any atom is 0.123 e. The molecule has 0 bridgehead atoms. The molecule has 0 aliphatic heterocycles. The van der Waals surface area contributed by atoms with Gasteiger partial charge in [-0.15, -0.1) is 0 Å². The van der Waals surface area contributed by atoms with Crippen LogP contribution in [0.3, 0.4) is 0 Å². The molecule has 24 heavy (non-hydrogen) atoms. The molecule has 0 N–H and O–H groups in total. The zero-order valence-corrected chi connectivity index (χ0v) is 14.0. The van der Waals surface area contributed by atoms with Crippen molar-refractivity contribution in [2.45, 2.75) is 32.6 Å². The van der Waals surface area contributed by atoms with Crippen LogP contribution in [0.2, 0.25) is 0 Å². The zero-order valence-electron chi connectivity index (χ0n) is 14.0. The summed E-state index contributed by atoms with van der Waals surface area (Å²) in [6, 6.07) is 15.7. The third-order valence-corrected chi connectivity index (χ3v) is 3.73. The molecule has 0 saturated heterocycles. The van der Waals surface area contributed by atoms with Crippen molar-refractivity contribution in [1.29, 1.82) is 5.26 Å². The van der Waals surface area contributed by atoms with Gasteiger partial charge in [0, 0.05) is 0 Å². The summed E-state index contributed by atoms with van der Waals surface area (Å²) in [6.45, 7) is 2.92. The molecular weight excluding hydrogens is 301 g/mol. The van der Waals surface area contributed by atoms with E-state index in [-0.39, 0.29) is 5.82 Å². The summed E-state index contributed by atoms with van der Waals surface area (Å²) in [4.78, 5) is 0. The lowest BCUT2D eigenvalue weighted by Gasteiger charge is -2.06. The Balaban J connectivity index is 1.99. The standard InChI is InChI=1S/C21H22FNO/c1-2-3-4-5-14-24-21-12-6-17(7-13-21)15-19(16-23)18-8-10-20(22)11-9-18/h6-13,15H,2-5,14H2,1H3/b19-15+. The first-order chi connectivity index (χ1) is 11.7. The highest BCUT2D eigenvalue weighted by Crippen LogP contribution is 2.20. The van der Waals surface area contributed by atoms with Crippen LogP contribution in [0.15, 0.2) is 48.5 Å². The van der Waals surface area contributed by atoms with E-state index in [9.17, 15) is 9.65 Å². The van der Waals surface area contributed by atoms with Crippen LogP contribution in [0.25, 0.3) is 11.6 Å². The van der Waals surface area contributed by atoms with Crippen molar-refractivity contribution < 1.29 is 9.13 Å². The van der Waals surface area contributed by atoms with E-state index in [0.29, 0.717) is 11.1 Å². The molecule has 0 radical (unpaired) electrons. The van der Waals surface area contributed by atoms with Crippen LogP contribution in [0.4, 0.5) is 4.39 Å². The summed E-state index contributed by atoms with van der Waals surface area (Å²) >= 11 is 0. The first-order valence-electron chi connectivity index (χ1n) is 8.33. The van der Waals surface area contributed by atoms with Gasteiger partial charge in [0.2, 0.25) is 0 Å². The Morgan fingerprint density at radius 2 is 1.75 bits per heavy atom. The molecule has 0 saturated carbocycles. The maximum atomic E-state index is 13.0. The van der Waals surface area contributed by atoms with E-state index in [1.54, 1.807) is 18.2 Å². The molecule has 0 heterocycles. The van der Waals surface area contributed by atoms with Gasteiger partial charge in [0.05, 0.1) is 18.2 Å². The normalized spacial score (nSPS) is 11.1. The van der Waals surface area contributed by atoms with Crippen LogP contribution in [0.1, 0.15) is 43.7 Å². The van der Waals surface area contributed by atoms with Crippen LogP contribution < -0.4 is 4.74 Å². The van der Waals surface area contributed by atoms with Gasteiger partial charge < -0.3 is 4.74 Å². The molecule has 2 aromatic rings. The fourth-order valence-corrected chi connectivity index (χ4v) is 2.36. The van der Waals surface area contributed by atoms with Crippen molar-refractivity contribution in [3.05, 3.63) is 65.5 Å². The number of rotatable bonds is 8. The second-order valence-electron chi connectivity index (χ2n) is 5.65. The first-order valence-corrected chi connectivity index (χ1v) is 8.33. The van der Waals surface area contributed by atoms with Gasteiger partial charge in [-0.3, -0.25) is 0 Å². The summed E-state index contributed by atoms with van der Waals surface area (Å²) < 4.78 is 18.7. The fourth-order valence-electron chi connectivity index (χ4n) is 2.36. The van der Waals surface area contributed by atoms with E-state index in [4.69, 9.17) is 4.74 Å². The van der Waals surface area contributed by atoms with E-state index in [0.717, 1.165) is 24.3 Å². The molecule has 2 aromatic carbocycles. The van der Waals surface area contributed by atoms with Gasteiger partial charge in [0.1, 0.15) is 11.6 Å².